The van der Waals surface area contributed by atoms with Crippen molar-refractivity contribution in [2.45, 2.75) is 12.6 Å². The zero-order valence-corrected chi connectivity index (χ0v) is 16.9. The number of rotatable bonds is 5. The van der Waals surface area contributed by atoms with E-state index < -0.39 is 0 Å². The number of amides is 1. The minimum Gasteiger partial charge on any atom is -0.344 e. The van der Waals surface area contributed by atoms with Crippen molar-refractivity contribution in [1.82, 2.24) is 9.88 Å². The summed E-state index contributed by atoms with van der Waals surface area (Å²) in [5, 5.41) is 3.03. The molecular weight excluding hydrogens is 460 g/mol. The average Bonchev–Trinajstić information content (AvgIpc) is 2.64. The summed E-state index contributed by atoms with van der Waals surface area (Å²) in [6, 6.07) is 20.4. The fraction of sp³-hybridized carbons (Fsp3) is 0.100. The smallest absolute Gasteiger partial charge is 0.251 e. The Kier molecular flexibility index (Phi) is 6.06. The van der Waals surface area contributed by atoms with Crippen LogP contribution in [0.4, 0.5) is 0 Å². The molecule has 0 aliphatic carbocycles. The quantitative estimate of drug-likeness (QED) is 0.598. The van der Waals surface area contributed by atoms with Crippen molar-refractivity contribution in [3.8, 4) is 0 Å². The molecule has 3 rings (SSSR count). The number of aromatic nitrogens is 1. The van der Waals surface area contributed by atoms with Crippen molar-refractivity contribution in [2.24, 2.45) is 0 Å². The molecule has 1 N–H and O–H groups in total. The Morgan fingerprint density at radius 3 is 2.19 bits per heavy atom. The first kappa shape index (κ1) is 18.6. The van der Waals surface area contributed by atoms with Crippen LogP contribution in [0.1, 0.15) is 17.2 Å². The lowest BCUT2D eigenvalue weighted by molar-refractivity contribution is -0.122. The highest BCUT2D eigenvalue weighted by atomic mass is 79.9. The van der Waals surface area contributed by atoms with E-state index in [4.69, 9.17) is 0 Å². The molecule has 3 aromatic rings. The molecule has 1 atom stereocenters. The number of carbonyl (C=O) groups is 1. The topological polar surface area (TPSA) is 51.1 Å². The van der Waals surface area contributed by atoms with Gasteiger partial charge in [0.2, 0.25) is 5.91 Å². The number of hydrogen-bond acceptors (Lipinski definition) is 2. The summed E-state index contributed by atoms with van der Waals surface area (Å²) in [6.07, 6.45) is 1.61. The highest BCUT2D eigenvalue weighted by Crippen LogP contribution is 2.23. The SMILES string of the molecule is O=C(Cn1cc(Br)ccc1=O)NC(c1ccccc1)c1ccc(Br)cc1. The Labute approximate surface area is 168 Å². The molecule has 0 saturated heterocycles. The fourth-order valence-corrected chi connectivity index (χ4v) is 3.29. The minimum atomic E-state index is -0.292. The highest BCUT2D eigenvalue weighted by Gasteiger charge is 2.17. The highest BCUT2D eigenvalue weighted by molar-refractivity contribution is 9.10. The van der Waals surface area contributed by atoms with Crippen molar-refractivity contribution in [3.63, 3.8) is 0 Å². The predicted octanol–water partition coefficient (Wildman–Crippen LogP) is 4.28. The van der Waals surface area contributed by atoms with E-state index in [9.17, 15) is 9.59 Å². The van der Waals surface area contributed by atoms with Crippen LogP contribution in [0, 0.1) is 0 Å². The molecule has 1 unspecified atom stereocenters. The first-order valence-electron chi connectivity index (χ1n) is 7.99. The summed E-state index contributed by atoms with van der Waals surface area (Å²) < 4.78 is 3.10. The number of hydrogen-bond donors (Lipinski definition) is 1. The van der Waals surface area contributed by atoms with Crippen LogP contribution in [0.2, 0.25) is 0 Å². The van der Waals surface area contributed by atoms with Crippen LogP contribution in [0.15, 0.2) is 86.7 Å². The van der Waals surface area contributed by atoms with Crippen LogP contribution in [0.5, 0.6) is 0 Å². The summed E-state index contributed by atoms with van der Waals surface area (Å²) in [7, 11) is 0. The molecular formula is C20H16Br2N2O2. The number of pyridine rings is 1. The largest absolute Gasteiger partial charge is 0.344 e. The van der Waals surface area contributed by atoms with Gasteiger partial charge in [0, 0.05) is 21.2 Å². The number of carbonyl (C=O) groups excluding carboxylic acids is 1. The van der Waals surface area contributed by atoms with Gasteiger partial charge in [-0.05, 0) is 45.3 Å². The zero-order valence-electron chi connectivity index (χ0n) is 13.7. The lowest BCUT2D eigenvalue weighted by atomic mass is 9.99. The van der Waals surface area contributed by atoms with Crippen LogP contribution < -0.4 is 10.9 Å². The molecule has 4 nitrogen and oxygen atoms in total. The molecule has 26 heavy (non-hydrogen) atoms. The molecule has 0 aliphatic rings. The number of nitrogens with one attached hydrogen (secondary N) is 1. The van der Waals surface area contributed by atoms with E-state index in [1.54, 1.807) is 12.3 Å². The maximum Gasteiger partial charge on any atom is 0.251 e. The van der Waals surface area contributed by atoms with Gasteiger partial charge < -0.3 is 9.88 Å². The van der Waals surface area contributed by atoms with Gasteiger partial charge in [-0.1, -0.05) is 58.4 Å². The van der Waals surface area contributed by atoms with E-state index in [0.29, 0.717) is 0 Å². The molecule has 0 fully saturated rings. The molecule has 0 radical (unpaired) electrons. The van der Waals surface area contributed by atoms with Gasteiger partial charge in [0.15, 0.2) is 0 Å². The van der Waals surface area contributed by atoms with Crippen molar-refractivity contribution in [1.29, 1.82) is 0 Å². The van der Waals surface area contributed by atoms with Crippen molar-refractivity contribution >= 4 is 37.8 Å². The van der Waals surface area contributed by atoms with E-state index in [1.807, 2.05) is 54.6 Å². The van der Waals surface area contributed by atoms with Gasteiger partial charge in [0.05, 0.1) is 6.04 Å². The lowest BCUT2D eigenvalue weighted by Gasteiger charge is -2.20. The molecule has 0 saturated carbocycles. The van der Waals surface area contributed by atoms with Gasteiger partial charge in [-0.25, -0.2) is 0 Å². The lowest BCUT2D eigenvalue weighted by Crippen LogP contribution is -2.34. The van der Waals surface area contributed by atoms with Crippen molar-refractivity contribution in [3.05, 3.63) is 103 Å². The fourth-order valence-electron chi connectivity index (χ4n) is 2.65. The maximum atomic E-state index is 12.6. The average molecular weight is 476 g/mol. The summed E-state index contributed by atoms with van der Waals surface area (Å²) in [5.41, 5.74) is 1.72. The van der Waals surface area contributed by atoms with E-state index in [2.05, 4.69) is 37.2 Å². The molecule has 132 valence electrons. The molecule has 0 bridgehead atoms. The monoisotopic (exact) mass is 474 g/mol. The molecule has 6 heteroatoms. The van der Waals surface area contributed by atoms with Crippen LogP contribution in [-0.2, 0) is 11.3 Å². The second-order valence-corrected chi connectivity index (χ2v) is 7.61. The third-order valence-corrected chi connectivity index (χ3v) is 4.90. The second-order valence-electron chi connectivity index (χ2n) is 5.78. The first-order chi connectivity index (χ1) is 12.5. The maximum absolute atomic E-state index is 12.6. The van der Waals surface area contributed by atoms with E-state index in [0.717, 1.165) is 20.1 Å². The molecule has 1 amide bonds. The zero-order chi connectivity index (χ0) is 18.5. The molecule has 0 aliphatic heterocycles. The van der Waals surface area contributed by atoms with Crippen molar-refractivity contribution < 1.29 is 4.79 Å². The van der Waals surface area contributed by atoms with E-state index in [-0.39, 0.29) is 24.1 Å². The molecule has 0 spiro atoms. The Balaban J connectivity index is 1.86. The summed E-state index contributed by atoms with van der Waals surface area (Å²) >= 11 is 6.75. The summed E-state index contributed by atoms with van der Waals surface area (Å²) in [6.45, 7) is -0.0435. The van der Waals surface area contributed by atoms with Gasteiger partial charge in [-0.15, -0.1) is 0 Å². The third-order valence-electron chi connectivity index (χ3n) is 3.90. The van der Waals surface area contributed by atoms with Gasteiger partial charge in [-0.2, -0.15) is 0 Å². The molecule has 1 heterocycles. The number of halogens is 2. The van der Waals surface area contributed by atoms with Gasteiger partial charge in [0.1, 0.15) is 6.54 Å². The second kappa shape index (κ2) is 8.47. The Morgan fingerprint density at radius 2 is 1.50 bits per heavy atom. The van der Waals surface area contributed by atoms with Crippen LogP contribution >= 0.6 is 31.9 Å². The summed E-state index contributed by atoms with van der Waals surface area (Å²) in [5.74, 6) is -0.234. The Bertz CT molecular complexity index is 954. The van der Waals surface area contributed by atoms with Crippen LogP contribution in [-0.4, -0.2) is 10.5 Å². The van der Waals surface area contributed by atoms with Gasteiger partial charge in [0.25, 0.3) is 5.56 Å². The van der Waals surface area contributed by atoms with E-state index in [1.165, 1.54) is 10.6 Å². The van der Waals surface area contributed by atoms with E-state index >= 15 is 0 Å². The minimum absolute atomic E-state index is 0.0435. The predicted molar refractivity (Wildman–Crippen MR) is 109 cm³/mol. The standard InChI is InChI=1S/C20H16Br2N2O2/c21-16-8-6-15(7-9-16)20(14-4-2-1-3-5-14)23-18(25)13-24-12-17(22)10-11-19(24)26/h1-12,20H,13H2,(H,23,25). The van der Waals surface area contributed by atoms with Crippen molar-refractivity contribution in [2.75, 3.05) is 0 Å². The molecule has 1 aromatic heterocycles. The Hall–Kier alpha value is -2.18. The molecule has 2 aromatic carbocycles. The van der Waals surface area contributed by atoms with Crippen LogP contribution in [0.3, 0.4) is 0 Å². The number of benzene rings is 2. The van der Waals surface area contributed by atoms with Crippen LogP contribution in [0.25, 0.3) is 0 Å². The first-order valence-corrected chi connectivity index (χ1v) is 9.57. The Morgan fingerprint density at radius 1 is 0.885 bits per heavy atom. The van der Waals surface area contributed by atoms with Gasteiger partial charge in [-0.3, -0.25) is 9.59 Å². The third kappa shape index (κ3) is 4.71. The summed E-state index contributed by atoms with van der Waals surface area (Å²) in [4.78, 5) is 24.5. The normalized spacial score (nSPS) is 11.8. The van der Waals surface area contributed by atoms with Gasteiger partial charge >= 0.3 is 0 Å². The number of nitrogens with zero attached hydrogens (tertiary/aromatic N) is 1.